The van der Waals surface area contributed by atoms with Crippen LogP contribution in [0.1, 0.15) is 85.6 Å². The molecule has 2 saturated heterocycles. The van der Waals surface area contributed by atoms with E-state index >= 15 is 0 Å². The van der Waals surface area contributed by atoms with Crippen molar-refractivity contribution in [3.8, 4) is 0 Å². The number of likely N-dealkylation sites (N-methyl/N-ethyl adjacent to an activating group) is 2. The number of esters is 1. The van der Waals surface area contributed by atoms with Crippen molar-refractivity contribution < 1.29 is 38.2 Å². The van der Waals surface area contributed by atoms with Gasteiger partial charge in [0.15, 0.2) is 0 Å². The molecule has 54 heavy (non-hydrogen) atoms. The molecular formula is C41H67N5O8. The molecule has 4 amide bonds. The summed E-state index contributed by atoms with van der Waals surface area (Å²) in [5.41, 5.74) is 0.197. The molecule has 0 saturated carbocycles. The molecule has 0 aliphatic carbocycles. The predicted octanol–water partition coefficient (Wildman–Crippen LogP) is 3.43. The lowest BCUT2D eigenvalue weighted by atomic mass is 9.89. The standard InChI is InChI=1S/C41H67N5O8/c1-12-27(4)35(45(8)38(49)34(26(2)3)43-40(51)41(6)21-17-22-44(41)7)32(52-9)25-33(47)46-23-16-20-31(46)36(53-10)28(5)37(48)42-30(39(50)54-11)24-29-18-14-13-15-19-29/h13-15,18-19,26-28,30-32,34-36H,12,16-17,20-25H2,1-11H3,(H,42,48)(H,43,51)/t27-,28+,30-,31-,32+,34?,35-,36+,41-/m0/s1. The van der Waals surface area contributed by atoms with Gasteiger partial charge < -0.3 is 34.6 Å². The predicted molar refractivity (Wildman–Crippen MR) is 207 cm³/mol. The Bertz CT molecular complexity index is 1410. The molecule has 0 spiro atoms. The zero-order chi connectivity index (χ0) is 40.3. The van der Waals surface area contributed by atoms with Crippen molar-refractivity contribution >= 4 is 29.6 Å². The lowest BCUT2D eigenvalue weighted by Gasteiger charge is -2.41. The maximum atomic E-state index is 14.3. The molecule has 2 N–H and O–H groups in total. The van der Waals surface area contributed by atoms with E-state index in [4.69, 9.17) is 14.2 Å². The summed E-state index contributed by atoms with van der Waals surface area (Å²) in [6.07, 6.45) is 2.76. The molecule has 2 heterocycles. The smallest absolute Gasteiger partial charge is 0.328 e. The minimum atomic E-state index is -0.887. The number of nitrogens with one attached hydrogen (secondary N) is 2. The highest BCUT2D eigenvalue weighted by Gasteiger charge is 2.45. The van der Waals surface area contributed by atoms with Gasteiger partial charge in [0.2, 0.25) is 23.6 Å². The van der Waals surface area contributed by atoms with Gasteiger partial charge in [-0.1, -0.05) is 71.4 Å². The van der Waals surface area contributed by atoms with E-state index in [-0.39, 0.29) is 54.3 Å². The van der Waals surface area contributed by atoms with Crippen LogP contribution in [0.25, 0.3) is 0 Å². The molecule has 1 unspecified atom stereocenters. The number of ether oxygens (including phenoxy) is 3. The van der Waals surface area contributed by atoms with Crippen molar-refractivity contribution in [1.82, 2.24) is 25.3 Å². The normalized spacial score (nSPS) is 22.8. The summed E-state index contributed by atoms with van der Waals surface area (Å²) >= 11 is 0. The summed E-state index contributed by atoms with van der Waals surface area (Å²) in [5, 5.41) is 5.94. The Morgan fingerprint density at radius 1 is 0.963 bits per heavy atom. The summed E-state index contributed by atoms with van der Waals surface area (Å²) < 4.78 is 17.0. The van der Waals surface area contributed by atoms with Crippen molar-refractivity contribution in [3.63, 3.8) is 0 Å². The van der Waals surface area contributed by atoms with Crippen LogP contribution in [0.5, 0.6) is 0 Å². The SMILES string of the molecule is CC[C@H](C)[C@@H]([C@@H](CC(=O)N1CCC[C@H]1[C@H](OC)[C@@H](C)C(=O)N[C@@H](Cc1ccccc1)C(=O)OC)OC)N(C)C(=O)C(NC(=O)[C@]1(C)CCCN1C)C(C)C. The third kappa shape index (κ3) is 10.6. The second kappa shape index (κ2) is 20.4. The number of nitrogens with zero attached hydrogens (tertiary/aromatic N) is 3. The van der Waals surface area contributed by atoms with Gasteiger partial charge in [-0.2, -0.15) is 0 Å². The zero-order valence-corrected chi connectivity index (χ0v) is 34.6. The second-order valence-corrected chi connectivity index (χ2v) is 15.9. The summed E-state index contributed by atoms with van der Waals surface area (Å²) in [7, 11) is 8.05. The quantitative estimate of drug-likeness (QED) is 0.203. The third-order valence-electron chi connectivity index (χ3n) is 12.1. The first-order valence-corrected chi connectivity index (χ1v) is 19.6. The molecular weight excluding hydrogens is 690 g/mol. The fourth-order valence-electron chi connectivity index (χ4n) is 8.21. The van der Waals surface area contributed by atoms with Crippen LogP contribution in [0, 0.1) is 17.8 Å². The van der Waals surface area contributed by atoms with Crippen molar-refractivity contribution in [2.75, 3.05) is 48.5 Å². The van der Waals surface area contributed by atoms with Crippen LogP contribution in [0.3, 0.4) is 0 Å². The van der Waals surface area contributed by atoms with Crippen LogP contribution in [0.2, 0.25) is 0 Å². The van der Waals surface area contributed by atoms with Crippen molar-refractivity contribution in [3.05, 3.63) is 35.9 Å². The number of likely N-dealkylation sites (tertiary alicyclic amines) is 2. The number of rotatable bonds is 19. The van der Waals surface area contributed by atoms with Gasteiger partial charge in [0.05, 0.1) is 49.3 Å². The maximum Gasteiger partial charge on any atom is 0.328 e. The van der Waals surface area contributed by atoms with E-state index in [1.165, 1.54) is 14.2 Å². The van der Waals surface area contributed by atoms with Crippen molar-refractivity contribution in [2.45, 2.75) is 128 Å². The minimum absolute atomic E-state index is 0.0136. The number of hydrogen-bond donors (Lipinski definition) is 2. The molecule has 3 rings (SSSR count). The minimum Gasteiger partial charge on any atom is -0.467 e. The average molecular weight is 758 g/mol. The molecule has 2 aliphatic rings. The van der Waals surface area contributed by atoms with E-state index in [1.54, 1.807) is 30.9 Å². The summed E-state index contributed by atoms with van der Waals surface area (Å²) in [6, 6.07) is 6.91. The number of carbonyl (C=O) groups is 5. The first kappa shape index (κ1) is 44.8. The summed E-state index contributed by atoms with van der Waals surface area (Å²) in [5.74, 6) is -2.35. The van der Waals surface area contributed by atoms with Gasteiger partial charge in [0.1, 0.15) is 12.1 Å². The van der Waals surface area contributed by atoms with Crippen LogP contribution < -0.4 is 10.6 Å². The van der Waals surface area contributed by atoms with E-state index in [2.05, 4.69) is 10.6 Å². The lowest BCUT2D eigenvalue weighted by Crippen LogP contribution is -2.61. The Morgan fingerprint density at radius 3 is 2.17 bits per heavy atom. The molecule has 13 heteroatoms. The van der Waals surface area contributed by atoms with Gasteiger partial charge in [0, 0.05) is 34.2 Å². The fourth-order valence-corrected chi connectivity index (χ4v) is 8.21. The van der Waals surface area contributed by atoms with E-state index < -0.39 is 47.8 Å². The van der Waals surface area contributed by atoms with Gasteiger partial charge in [-0.3, -0.25) is 24.1 Å². The van der Waals surface area contributed by atoms with Gasteiger partial charge in [-0.05, 0) is 63.6 Å². The zero-order valence-electron chi connectivity index (χ0n) is 34.6. The number of amides is 4. The first-order chi connectivity index (χ1) is 25.6. The van der Waals surface area contributed by atoms with Gasteiger partial charge in [0.25, 0.3) is 0 Å². The molecule has 13 nitrogen and oxygen atoms in total. The maximum absolute atomic E-state index is 14.3. The monoisotopic (exact) mass is 757 g/mol. The fraction of sp³-hybridized carbons (Fsp3) is 0.732. The van der Waals surface area contributed by atoms with Gasteiger partial charge in [-0.15, -0.1) is 0 Å². The van der Waals surface area contributed by atoms with Crippen LogP contribution in [0.4, 0.5) is 0 Å². The molecule has 0 aromatic heterocycles. The molecule has 304 valence electrons. The van der Waals surface area contributed by atoms with E-state index in [0.29, 0.717) is 13.0 Å². The Hall–Kier alpha value is -3.55. The molecule has 1 aromatic rings. The Kier molecular flexibility index (Phi) is 16.9. The van der Waals surface area contributed by atoms with E-state index in [0.717, 1.165) is 37.8 Å². The summed E-state index contributed by atoms with van der Waals surface area (Å²) in [6.45, 7) is 12.9. The van der Waals surface area contributed by atoms with Gasteiger partial charge >= 0.3 is 5.97 Å². The third-order valence-corrected chi connectivity index (χ3v) is 12.1. The van der Waals surface area contributed by atoms with Gasteiger partial charge in [-0.25, -0.2) is 4.79 Å². The molecule has 2 aliphatic heterocycles. The molecule has 9 atom stereocenters. The Balaban J connectivity index is 1.77. The Labute approximate surface area is 323 Å². The number of hydrogen-bond acceptors (Lipinski definition) is 9. The highest BCUT2D eigenvalue weighted by molar-refractivity contribution is 5.92. The number of carbonyl (C=O) groups excluding carboxylic acids is 5. The van der Waals surface area contributed by atoms with Crippen molar-refractivity contribution in [1.29, 1.82) is 0 Å². The van der Waals surface area contributed by atoms with Crippen LogP contribution in [0.15, 0.2) is 30.3 Å². The Morgan fingerprint density at radius 2 is 1.63 bits per heavy atom. The summed E-state index contributed by atoms with van der Waals surface area (Å²) in [4.78, 5) is 73.9. The average Bonchev–Trinajstić information content (AvgIpc) is 3.79. The van der Waals surface area contributed by atoms with E-state index in [1.807, 2.05) is 76.9 Å². The van der Waals surface area contributed by atoms with Crippen LogP contribution in [-0.4, -0.2) is 135 Å². The molecule has 1 aromatic carbocycles. The lowest BCUT2D eigenvalue weighted by molar-refractivity contribution is -0.149. The number of benzene rings is 1. The number of methoxy groups -OCH3 is 3. The second-order valence-electron chi connectivity index (χ2n) is 15.9. The van der Waals surface area contributed by atoms with Crippen LogP contribution in [-0.2, 0) is 44.6 Å². The van der Waals surface area contributed by atoms with Crippen LogP contribution >= 0.6 is 0 Å². The topological polar surface area (TPSA) is 147 Å². The first-order valence-electron chi connectivity index (χ1n) is 19.6. The highest BCUT2D eigenvalue weighted by Crippen LogP contribution is 2.31. The molecule has 2 fully saturated rings. The van der Waals surface area contributed by atoms with E-state index in [9.17, 15) is 24.0 Å². The molecule has 0 bridgehead atoms. The van der Waals surface area contributed by atoms with Crippen molar-refractivity contribution in [2.24, 2.45) is 17.8 Å². The highest BCUT2D eigenvalue weighted by atomic mass is 16.5. The largest absolute Gasteiger partial charge is 0.467 e. The molecule has 0 radical (unpaired) electrons.